The van der Waals surface area contributed by atoms with Crippen LogP contribution < -0.4 is 10.2 Å². The minimum atomic E-state index is -0.737. The maximum atomic E-state index is 12.5. The molecule has 2 N–H and O–H groups in total. The zero-order valence-electron chi connectivity index (χ0n) is 12.9. The van der Waals surface area contributed by atoms with Gasteiger partial charge in [0.05, 0.1) is 24.3 Å². The molecule has 0 spiro atoms. The number of nitrogens with zero attached hydrogens (tertiary/aromatic N) is 1. The fraction of sp³-hybridized carbons (Fsp3) is 0.222. The van der Waals surface area contributed by atoms with Gasteiger partial charge in [-0.3, -0.25) is 9.59 Å². The number of hydrogen-bond acceptors (Lipinski definition) is 4. The molecule has 6 heteroatoms. The molecule has 24 heavy (non-hydrogen) atoms. The Kier molecular flexibility index (Phi) is 4.94. The summed E-state index contributed by atoms with van der Waals surface area (Å²) in [6.45, 7) is 0.197. The van der Waals surface area contributed by atoms with Crippen LogP contribution in [0.1, 0.15) is 18.1 Å². The third kappa shape index (κ3) is 3.48. The molecule has 2 amide bonds. The van der Waals surface area contributed by atoms with Crippen molar-refractivity contribution in [3.8, 4) is 0 Å². The second-order valence-corrected chi connectivity index (χ2v) is 6.07. The van der Waals surface area contributed by atoms with Crippen LogP contribution in [0.2, 0.25) is 5.02 Å². The van der Waals surface area contributed by atoms with Crippen LogP contribution in [0.3, 0.4) is 0 Å². The molecule has 0 saturated carbocycles. The van der Waals surface area contributed by atoms with E-state index >= 15 is 0 Å². The summed E-state index contributed by atoms with van der Waals surface area (Å²) in [6, 6.07) is 15.1. The Morgan fingerprint density at radius 3 is 2.46 bits per heavy atom. The van der Waals surface area contributed by atoms with Crippen LogP contribution in [0.5, 0.6) is 0 Å². The number of carbonyl (C=O) groups is 2. The molecule has 2 unspecified atom stereocenters. The van der Waals surface area contributed by atoms with Crippen LogP contribution in [0.25, 0.3) is 0 Å². The van der Waals surface area contributed by atoms with Gasteiger partial charge < -0.3 is 10.4 Å². The van der Waals surface area contributed by atoms with Gasteiger partial charge in [-0.05, 0) is 29.8 Å². The molecule has 1 saturated heterocycles. The molecule has 0 radical (unpaired) electrons. The fourth-order valence-electron chi connectivity index (χ4n) is 2.70. The topological polar surface area (TPSA) is 69.6 Å². The van der Waals surface area contributed by atoms with Crippen LogP contribution in [0.15, 0.2) is 54.6 Å². The molecule has 1 fully saturated rings. The zero-order valence-corrected chi connectivity index (χ0v) is 13.6. The number of hydrogen-bond donors (Lipinski definition) is 2. The summed E-state index contributed by atoms with van der Waals surface area (Å²) in [5, 5.41) is 13.7. The van der Waals surface area contributed by atoms with Gasteiger partial charge in [0.2, 0.25) is 5.91 Å². The van der Waals surface area contributed by atoms with Crippen molar-refractivity contribution < 1.29 is 14.7 Å². The van der Waals surface area contributed by atoms with Crippen LogP contribution in [0.4, 0.5) is 5.69 Å². The van der Waals surface area contributed by atoms with Gasteiger partial charge in [0.25, 0.3) is 5.91 Å². The van der Waals surface area contributed by atoms with E-state index in [4.69, 9.17) is 11.6 Å². The molecule has 2 atom stereocenters. The Morgan fingerprint density at radius 1 is 1.12 bits per heavy atom. The van der Waals surface area contributed by atoms with E-state index in [0.717, 1.165) is 10.5 Å². The van der Waals surface area contributed by atoms with Crippen molar-refractivity contribution in [2.24, 2.45) is 0 Å². The van der Waals surface area contributed by atoms with Crippen LogP contribution in [0, 0.1) is 0 Å². The number of aliphatic hydroxyl groups is 1. The summed E-state index contributed by atoms with van der Waals surface area (Å²) in [7, 11) is 0. The van der Waals surface area contributed by atoms with Gasteiger partial charge in [-0.1, -0.05) is 41.9 Å². The van der Waals surface area contributed by atoms with Crippen LogP contribution in [-0.4, -0.2) is 29.5 Å². The second-order valence-electron chi connectivity index (χ2n) is 5.64. The molecule has 1 aliphatic heterocycles. The highest BCUT2D eigenvalue weighted by Gasteiger charge is 2.39. The highest BCUT2D eigenvalue weighted by Crippen LogP contribution is 2.24. The normalized spacial score (nSPS) is 18.9. The standard InChI is InChI=1S/C18H17ClN2O3/c19-13-6-8-14(9-7-13)21-17(23)10-15(18(21)24)20-11-16(22)12-4-2-1-3-5-12/h1-9,15-16,20,22H,10-11H2. The largest absolute Gasteiger partial charge is 0.387 e. The first-order valence-electron chi connectivity index (χ1n) is 7.65. The molecule has 5 nitrogen and oxygen atoms in total. The zero-order chi connectivity index (χ0) is 17.1. The molecule has 124 valence electrons. The summed E-state index contributed by atoms with van der Waals surface area (Å²) in [6.07, 6.45) is -0.665. The number of amides is 2. The highest BCUT2D eigenvalue weighted by atomic mass is 35.5. The molecular formula is C18H17ClN2O3. The molecule has 0 bridgehead atoms. The molecule has 1 aliphatic rings. The first-order valence-corrected chi connectivity index (χ1v) is 8.03. The van der Waals surface area contributed by atoms with Gasteiger partial charge >= 0.3 is 0 Å². The van der Waals surface area contributed by atoms with E-state index < -0.39 is 12.1 Å². The number of rotatable bonds is 5. The van der Waals surface area contributed by atoms with Crippen molar-refractivity contribution in [3.05, 3.63) is 65.2 Å². The van der Waals surface area contributed by atoms with Gasteiger partial charge in [0.15, 0.2) is 0 Å². The molecule has 2 aromatic carbocycles. The summed E-state index contributed by atoms with van der Waals surface area (Å²) >= 11 is 5.83. The minimum absolute atomic E-state index is 0.0724. The average Bonchev–Trinajstić information content (AvgIpc) is 2.88. The summed E-state index contributed by atoms with van der Waals surface area (Å²) in [5.74, 6) is -0.586. The maximum Gasteiger partial charge on any atom is 0.251 e. The average molecular weight is 345 g/mol. The van der Waals surface area contributed by atoms with Gasteiger partial charge in [0, 0.05) is 11.6 Å². The monoisotopic (exact) mass is 344 g/mol. The summed E-state index contributed by atoms with van der Waals surface area (Å²) in [5.41, 5.74) is 1.26. The van der Waals surface area contributed by atoms with Crippen molar-refractivity contribution in [3.63, 3.8) is 0 Å². The number of aliphatic hydroxyl groups excluding tert-OH is 1. The highest BCUT2D eigenvalue weighted by molar-refractivity contribution is 6.30. The van der Waals surface area contributed by atoms with E-state index in [9.17, 15) is 14.7 Å². The Labute approximate surface area is 144 Å². The van der Waals surface area contributed by atoms with E-state index in [2.05, 4.69) is 5.32 Å². The number of nitrogens with one attached hydrogen (secondary N) is 1. The first kappa shape index (κ1) is 16.6. The minimum Gasteiger partial charge on any atom is -0.387 e. The summed E-state index contributed by atoms with van der Waals surface area (Å²) in [4.78, 5) is 25.8. The Balaban J connectivity index is 1.65. The van der Waals surface area contributed by atoms with Crippen LogP contribution >= 0.6 is 11.6 Å². The summed E-state index contributed by atoms with van der Waals surface area (Å²) < 4.78 is 0. The third-order valence-corrected chi connectivity index (χ3v) is 4.23. The Bertz CT molecular complexity index is 734. The number of carbonyl (C=O) groups excluding carboxylic acids is 2. The van der Waals surface area contributed by atoms with Gasteiger partial charge in [-0.25, -0.2) is 4.90 Å². The van der Waals surface area contributed by atoms with Crippen molar-refractivity contribution in [1.82, 2.24) is 5.32 Å². The lowest BCUT2D eigenvalue weighted by Crippen LogP contribution is -2.40. The quantitative estimate of drug-likeness (QED) is 0.817. The van der Waals surface area contributed by atoms with Crippen molar-refractivity contribution in [2.75, 3.05) is 11.4 Å². The van der Waals surface area contributed by atoms with E-state index in [0.29, 0.717) is 10.7 Å². The van der Waals surface area contributed by atoms with E-state index in [-0.39, 0.29) is 24.8 Å². The molecule has 0 aliphatic carbocycles. The molecule has 0 aromatic heterocycles. The van der Waals surface area contributed by atoms with Gasteiger partial charge in [0.1, 0.15) is 0 Å². The lowest BCUT2D eigenvalue weighted by molar-refractivity contribution is -0.121. The number of anilines is 1. The van der Waals surface area contributed by atoms with Crippen molar-refractivity contribution >= 4 is 29.1 Å². The lowest BCUT2D eigenvalue weighted by atomic mass is 10.1. The first-order chi connectivity index (χ1) is 11.6. The SMILES string of the molecule is O=C1CC(NCC(O)c2ccccc2)C(=O)N1c1ccc(Cl)cc1. The molecule has 1 heterocycles. The van der Waals surface area contributed by atoms with Crippen LogP contribution in [-0.2, 0) is 9.59 Å². The molecular weight excluding hydrogens is 328 g/mol. The maximum absolute atomic E-state index is 12.5. The van der Waals surface area contributed by atoms with E-state index in [1.165, 1.54) is 0 Å². The Hall–Kier alpha value is -2.21. The predicted molar refractivity (Wildman–Crippen MR) is 91.8 cm³/mol. The van der Waals surface area contributed by atoms with Crippen molar-refractivity contribution in [2.45, 2.75) is 18.6 Å². The number of benzene rings is 2. The second kappa shape index (κ2) is 7.13. The Morgan fingerprint density at radius 2 is 1.79 bits per heavy atom. The van der Waals surface area contributed by atoms with E-state index in [1.807, 2.05) is 30.3 Å². The number of imide groups is 1. The smallest absolute Gasteiger partial charge is 0.251 e. The lowest BCUT2D eigenvalue weighted by Gasteiger charge is -2.17. The fourth-order valence-corrected chi connectivity index (χ4v) is 2.83. The van der Waals surface area contributed by atoms with Gasteiger partial charge in [-0.2, -0.15) is 0 Å². The molecule has 2 aromatic rings. The van der Waals surface area contributed by atoms with Crippen molar-refractivity contribution in [1.29, 1.82) is 0 Å². The predicted octanol–water partition coefficient (Wildman–Crippen LogP) is 2.30. The third-order valence-electron chi connectivity index (χ3n) is 3.97. The van der Waals surface area contributed by atoms with Gasteiger partial charge in [-0.15, -0.1) is 0 Å². The molecule has 3 rings (SSSR count). The van der Waals surface area contributed by atoms with E-state index in [1.54, 1.807) is 24.3 Å². The number of halogens is 1.